The lowest BCUT2D eigenvalue weighted by Crippen LogP contribution is -2.25. The molecule has 0 N–H and O–H groups in total. The maximum absolute atomic E-state index is 5.05. The van der Waals surface area contributed by atoms with Crippen LogP contribution in [0.4, 0.5) is 0 Å². The van der Waals surface area contributed by atoms with Gasteiger partial charge in [0.2, 0.25) is 0 Å². The van der Waals surface area contributed by atoms with Crippen LogP contribution in [0.3, 0.4) is 0 Å². The third-order valence-electron chi connectivity index (χ3n) is 11.3. The van der Waals surface area contributed by atoms with Crippen LogP contribution in [0.25, 0.3) is 78.7 Å². The van der Waals surface area contributed by atoms with Crippen LogP contribution in [0.2, 0.25) is 0 Å². The molecule has 0 aliphatic heterocycles. The Bertz CT molecular complexity index is 2870. The lowest BCUT2D eigenvalue weighted by molar-refractivity contribution is 0.794. The van der Waals surface area contributed by atoms with E-state index < -0.39 is 0 Å². The second kappa shape index (κ2) is 12.4. The van der Waals surface area contributed by atoms with E-state index in [2.05, 4.69) is 169 Å². The number of aromatic nitrogens is 4. The molecule has 2 heterocycles. The summed E-state index contributed by atoms with van der Waals surface area (Å²) in [6.07, 6.45) is 3.54. The van der Waals surface area contributed by atoms with Crippen LogP contribution in [0.1, 0.15) is 22.3 Å². The minimum Gasteiger partial charge on any atom is -0.265 e. The highest BCUT2D eigenvalue weighted by atomic mass is 15.0. The summed E-state index contributed by atoms with van der Waals surface area (Å²) in [5, 5.41) is 0. The van der Waals surface area contributed by atoms with Crippen LogP contribution in [0.5, 0.6) is 0 Å². The first-order valence-corrected chi connectivity index (χ1v) is 18.6. The summed E-state index contributed by atoms with van der Waals surface area (Å²) >= 11 is 0. The Morgan fingerprint density at radius 3 is 1.33 bits per heavy atom. The van der Waals surface area contributed by atoms with Gasteiger partial charge >= 0.3 is 0 Å². The number of benzene rings is 7. The summed E-state index contributed by atoms with van der Waals surface area (Å²) in [6.45, 7) is 0. The highest BCUT2D eigenvalue weighted by Crippen LogP contribution is 2.62. The topological polar surface area (TPSA) is 51.6 Å². The number of hydrogen-bond acceptors (Lipinski definition) is 4. The lowest BCUT2D eigenvalue weighted by Gasteiger charge is -2.30. The van der Waals surface area contributed by atoms with Gasteiger partial charge in [-0.2, -0.15) is 0 Å². The summed E-state index contributed by atoms with van der Waals surface area (Å²) in [4.78, 5) is 19.2. The zero-order chi connectivity index (χ0) is 36.3. The summed E-state index contributed by atoms with van der Waals surface area (Å²) in [5.41, 5.74) is 17.6. The molecular weight excluding hydrogens is 669 g/mol. The number of rotatable bonds is 5. The van der Waals surface area contributed by atoms with Crippen LogP contribution in [0.15, 0.2) is 194 Å². The van der Waals surface area contributed by atoms with Crippen molar-refractivity contribution in [3.8, 4) is 78.7 Å². The van der Waals surface area contributed by atoms with Crippen molar-refractivity contribution >= 4 is 0 Å². The zero-order valence-electron chi connectivity index (χ0n) is 29.8. The first kappa shape index (κ1) is 31.2. The van der Waals surface area contributed by atoms with E-state index >= 15 is 0 Å². The lowest BCUT2D eigenvalue weighted by atomic mass is 9.70. The molecule has 0 fully saturated rings. The Kier molecular flexibility index (Phi) is 7.04. The molecule has 4 heteroatoms. The van der Waals surface area contributed by atoms with Crippen LogP contribution >= 0.6 is 0 Å². The number of fused-ring (bicyclic) bond motifs is 10. The molecule has 0 atom stereocenters. The van der Waals surface area contributed by atoms with Crippen molar-refractivity contribution in [3.63, 3.8) is 0 Å². The first-order chi connectivity index (χ1) is 27.3. The van der Waals surface area contributed by atoms with Gasteiger partial charge in [-0.05, 0) is 91.0 Å². The van der Waals surface area contributed by atoms with Gasteiger partial charge in [0.15, 0.2) is 17.5 Å². The Balaban J connectivity index is 1.00. The third kappa shape index (κ3) is 4.85. The van der Waals surface area contributed by atoms with Gasteiger partial charge in [-0.1, -0.05) is 158 Å². The van der Waals surface area contributed by atoms with Crippen molar-refractivity contribution in [1.29, 1.82) is 0 Å². The van der Waals surface area contributed by atoms with E-state index in [1.807, 2.05) is 18.2 Å². The second-order valence-electron chi connectivity index (χ2n) is 14.2. The standard InChI is InChI=1S/C51H32N4/c1-2-11-33(12-3-1)37-13-10-14-39(31-37)50-54-48(53-49(55-50)36-27-29-52-30-28-36)35-23-21-34(22-24-35)38-25-26-47-43(32-38)42-17-6-9-20-46(42)51(47)44-18-7-4-15-40(44)41-16-5-8-19-45(41)51/h1-32H. The van der Waals surface area contributed by atoms with Gasteiger partial charge in [-0.15, -0.1) is 0 Å². The molecule has 256 valence electrons. The molecule has 2 aromatic heterocycles. The number of nitrogens with zero attached hydrogens (tertiary/aromatic N) is 4. The molecular formula is C51H32N4. The maximum atomic E-state index is 5.05. The van der Waals surface area contributed by atoms with E-state index in [1.165, 1.54) is 50.1 Å². The van der Waals surface area contributed by atoms with Crippen LogP contribution in [0, 0.1) is 0 Å². The van der Waals surface area contributed by atoms with E-state index in [0.717, 1.165) is 33.4 Å². The average molecular weight is 701 g/mol. The zero-order valence-corrected chi connectivity index (χ0v) is 29.8. The Hall–Kier alpha value is -7.30. The molecule has 9 aromatic rings. The van der Waals surface area contributed by atoms with Gasteiger partial charge in [0.25, 0.3) is 0 Å². The third-order valence-corrected chi connectivity index (χ3v) is 11.3. The van der Waals surface area contributed by atoms with Gasteiger partial charge in [0, 0.05) is 29.1 Å². The molecule has 55 heavy (non-hydrogen) atoms. The predicted molar refractivity (Wildman–Crippen MR) is 221 cm³/mol. The van der Waals surface area contributed by atoms with E-state index in [-0.39, 0.29) is 5.41 Å². The molecule has 0 saturated carbocycles. The normalized spacial score (nSPS) is 12.9. The Labute approximate surface area is 319 Å². The van der Waals surface area contributed by atoms with Gasteiger partial charge < -0.3 is 0 Å². The Morgan fingerprint density at radius 2 is 0.691 bits per heavy atom. The highest BCUT2D eigenvalue weighted by molar-refractivity contribution is 5.96. The fraction of sp³-hybridized carbons (Fsp3) is 0.0196. The second-order valence-corrected chi connectivity index (χ2v) is 14.2. The molecule has 0 saturated heterocycles. The van der Waals surface area contributed by atoms with E-state index in [9.17, 15) is 0 Å². The van der Waals surface area contributed by atoms with Gasteiger partial charge in [0.05, 0.1) is 5.41 Å². The largest absolute Gasteiger partial charge is 0.265 e. The van der Waals surface area contributed by atoms with Gasteiger partial charge in [0.1, 0.15) is 0 Å². The van der Waals surface area contributed by atoms with Crippen molar-refractivity contribution in [3.05, 3.63) is 217 Å². The smallest absolute Gasteiger partial charge is 0.164 e. The molecule has 2 aliphatic carbocycles. The SMILES string of the molecule is c1ccc(-c2cccc(-c3nc(-c4ccncc4)nc(-c4ccc(-c5ccc6c(c5)-c5ccccc5C65c6ccccc6-c6ccccc65)cc4)n3)c2)cc1. The van der Waals surface area contributed by atoms with Crippen molar-refractivity contribution in [2.45, 2.75) is 5.41 Å². The number of hydrogen-bond donors (Lipinski definition) is 0. The summed E-state index contributed by atoms with van der Waals surface area (Å²) in [5.74, 6) is 1.86. The number of pyridine rings is 1. The first-order valence-electron chi connectivity index (χ1n) is 18.6. The maximum Gasteiger partial charge on any atom is 0.164 e. The molecule has 0 bridgehead atoms. The molecule has 7 aromatic carbocycles. The average Bonchev–Trinajstić information content (AvgIpc) is 3.74. The van der Waals surface area contributed by atoms with Crippen molar-refractivity contribution < 1.29 is 0 Å². The Morgan fingerprint density at radius 1 is 0.273 bits per heavy atom. The quantitative estimate of drug-likeness (QED) is 0.179. The van der Waals surface area contributed by atoms with Gasteiger partial charge in [-0.3, -0.25) is 4.98 Å². The van der Waals surface area contributed by atoms with Crippen LogP contribution < -0.4 is 0 Å². The monoisotopic (exact) mass is 700 g/mol. The van der Waals surface area contributed by atoms with E-state index in [4.69, 9.17) is 15.0 Å². The van der Waals surface area contributed by atoms with Crippen molar-refractivity contribution in [2.24, 2.45) is 0 Å². The molecule has 0 radical (unpaired) electrons. The molecule has 2 aliphatic rings. The minimum atomic E-state index is -0.342. The predicted octanol–water partition coefficient (Wildman–Crippen LogP) is 11.9. The fourth-order valence-corrected chi connectivity index (χ4v) is 8.82. The highest BCUT2D eigenvalue weighted by Gasteiger charge is 2.51. The van der Waals surface area contributed by atoms with Crippen molar-refractivity contribution in [2.75, 3.05) is 0 Å². The van der Waals surface area contributed by atoms with E-state index in [0.29, 0.717) is 17.5 Å². The summed E-state index contributed by atoms with van der Waals surface area (Å²) in [6, 6.07) is 65.1. The molecule has 1 spiro atoms. The van der Waals surface area contributed by atoms with Crippen molar-refractivity contribution in [1.82, 2.24) is 19.9 Å². The minimum absolute atomic E-state index is 0.342. The molecule has 4 nitrogen and oxygen atoms in total. The van der Waals surface area contributed by atoms with Gasteiger partial charge in [-0.25, -0.2) is 15.0 Å². The fourth-order valence-electron chi connectivity index (χ4n) is 8.82. The molecule has 0 unspecified atom stereocenters. The van der Waals surface area contributed by atoms with Crippen LogP contribution in [-0.2, 0) is 5.41 Å². The summed E-state index contributed by atoms with van der Waals surface area (Å²) < 4.78 is 0. The summed E-state index contributed by atoms with van der Waals surface area (Å²) in [7, 11) is 0. The van der Waals surface area contributed by atoms with E-state index in [1.54, 1.807) is 12.4 Å². The van der Waals surface area contributed by atoms with Crippen LogP contribution in [-0.4, -0.2) is 19.9 Å². The molecule has 11 rings (SSSR count). The molecule has 0 amide bonds.